The van der Waals surface area contributed by atoms with Crippen LogP contribution >= 0.6 is 0 Å². The molecule has 3 rings (SSSR count). The Kier molecular flexibility index (Phi) is 3.39. The molecule has 1 heteroatoms. The summed E-state index contributed by atoms with van der Waals surface area (Å²) < 4.78 is 0. The quantitative estimate of drug-likeness (QED) is 0.878. The molecule has 0 saturated carbocycles. The zero-order valence-corrected chi connectivity index (χ0v) is 11.3. The number of rotatable bonds is 4. The summed E-state index contributed by atoms with van der Waals surface area (Å²) in [7, 11) is 0. The molecule has 2 aromatic rings. The van der Waals surface area contributed by atoms with Gasteiger partial charge in [-0.15, -0.1) is 0 Å². The minimum Gasteiger partial charge on any atom is -0.321 e. The van der Waals surface area contributed by atoms with Crippen LogP contribution in [0.15, 0.2) is 54.6 Å². The van der Waals surface area contributed by atoms with Gasteiger partial charge in [-0.1, -0.05) is 54.6 Å². The summed E-state index contributed by atoms with van der Waals surface area (Å²) in [6, 6.07) is 19.4. The van der Waals surface area contributed by atoms with Crippen molar-refractivity contribution < 1.29 is 0 Å². The molecule has 1 atom stereocenters. The van der Waals surface area contributed by atoms with Gasteiger partial charge in [-0.25, -0.2) is 0 Å². The van der Waals surface area contributed by atoms with E-state index < -0.39 is 0 Å². The molecule has 0 heterocycles. The van der Waals surface area contributed by atoms with Crippen LogP contribution in [0, 0.1) is 0 Å². The molecule has 0 radical (unpaired) electrons. The van der Waals surface area contributed by atoms with Gasteiger partial charge in [0, 0.05) is 5.54 Å². The van der Waals surface area contributed by atoms with Crippen LogP contribution < -0.4 is 5.73 Å². The van der Waals surface area contributed by atoms with E-state index in [1.54, 1.807) is 0 Å². The van der Waals surface area contributed by atoms with Crippen molar-refractivity contribution in [3.8, 4) is 0 Å². The number of aryl methyl sites for hydroxylation is 2. The van der Waals surface area contributed by atoms with Gasteiger partial charge in [-0.2, -0.15) is 0 Å². The van der Waals surface area contributed by atoms with Crippen LogP contribution in [-0.2, 0) is 18.4 Å². The van der Waals surface area contributed by atoms with Gasteiger partial charge >= 0.3 is 0 Å². The average molecular weight is 251 g/mol. The first-order chi connectivity index (χ1) is 9.28. The SMILES string of the molecule is NC1(CCCc2ccccc2)CCc2ccccc21. The minimum atomic E-state index is -0.0919. The van der Waals surface area contributed by atoms with Gasteiger partial charge < -0.3 is 5.73 Å². The van der Waals surface area contributed by atoms with E-state index in [0.29, 0.717) is 0 Å². The molecule has 1 nitrogen and oxygen atoms in total. The van der Waals surface area contributed by atoms with Gasteiger partial charge in [0.1, 0.15) is 0 Å². The van der Waals surface area contributed by atoms with Gasteiger partial charge in [0.15, 0.2) is 0 Å². The van der Waals surface area contributed by atoms with Crippen LogP contribution in [0.2, 0.25) is 0 Å². The molecule has 2 N–H and O–H groups in total. The summed E-state index contributed by atoms with van der Waals surface area (Å²) in [4.78, 5) is 0. The van der Waals surface area contributed by atoms with Crippen LogP contribution in [0.3, 0.4) is 0 Å². The van der Waals surface area contributed by atoms with Crippen molar-refractivity contribution in [1.82, 2.24) is 0 Å². The maximum atomic E-state index is 6.63. The van der Waals surface area contributed by atoms with Crippen LogP contribution in [-0.4, -0.2) is 0 Å². The second-order valence-corrected chi connectivity index (χ2v) is 5.65. The number of benzene rings is 2. The lowest BCUT2D eigenvalue weighted by molar-refractivity contribution is 0.394. The highest BCUT2D eigenvalue weighted by Gasteiger charge is 2.33. The van der Waals surface area contributed by atoms with Crippen molar-refractivity contribution in [3.05, 3.63) is 71.3 Å². The van der Waals surface area contributed by atoms with E-state index in [-0.39, 0.29) is 5.54 Å². The van der Waals surface area contributed by atoms with Crippen molar-refractivity contribution >= 4 is 0 Å². The van der Waals surface area contributed by atoms with Crippen molar-refractivity contribution in [2.45, 2.75) is 37.6 Å². The fourth-order valence-corrected chi connectivity index (χ4v) is 3.23. The maximum absolute atomic E-state index is 6.63. The van der Waals surface area contributed by atoms with Gasteiger partial charge in [0.2, 0.25) is 0 Å². The van der Waals surface area contributed by atoms with E-state index in [9.17, 15) is 0 Å². The van der Waals surface area contributed by atoms with E-state index in [0.717, 1.165) is 32.1 Å². The standard InChI is InChI=1S/C18H21N/c19-18(13-6-9-15-7-2-1-3-8-15)14-12-16-10-4-5-11-17(16)18/h1-5,7-8,10-11H,6,9,12-14,19H2. The monoisotopic (exact) mass is 251 g/mol. The third kappa shape index (κ3) is 2.57. The number of fused-ring (bicyclic) bond motifs is 1. The molecule has 98 valence electrons. The van der Waals surface area contributed by atoms with Crippen LogP contribution in [0.25, 0.3) is 0 Å². The highest BCUT2D eigenvalue weighted by molar-refractivity contribution is 5.38. The Balaban J connectivity index is 1.65. The third-order valence-electron chi connectivity index (χ3n) is 4.33. The lowest BCUT2D eigenvalue weighted by atomic mass is 9.87. The third-order valence-corrected chi connectivity index (χ3v) is 4.33. The van der Waals surface area contributed by atoms with E-state index in [4.69, 9.17) is 5.73 Å². The van der Waals surface area contributed by atoms with E-state index in [1.165, 1.54) is 16.7 Å². The molecule has 0 fully saturated rings. The molecule has 0 aromatic heterocycles. The maximum Gasteiger partial charge on any atom is 0.0415 e. The topological polar surface area (TPSA) is 26.0 Å². The second kappa shape index (κ2) is 5.18. The largest absolute Gasteiger partial charge is 0.321 e. The lowest BCUT2D eigenvalue weighted by Gasteiger charge is -2.25. The summed E-state index contributed by atoms with van der Waals surface area (Å²) in [6.07, 6.45) is 5.61. The van der Waals surface area contributed by atoms with Crippen molar-refractivity contribution in [1.29, 1.82) is 0 Å². The van der Waals surface area contributed by atoms with E-state index in [2.05, 4.69) is 54.6 Å². The molecule has 1 unspecified atom stereocenters. The Morgan fingerprint density at radius 3 is 2.53 bits per heavy atom. The first kappa shape index (κ1) is 12.4. The molecule has 2 aromatic carbocycles. The van der Waals surface area contributed by atoms with Crippen LogP contribution in [0.1, 0.15) is 36.0 Å². The summed E-state index contributed by atoms with van der Waals surface area (Å²) in [5, 5.41) is 0. The highest BCUT2D eigenvalue weighted by atomic mass is 14.8. The Morgan fingerprint density at radius 1 is 0.947 bits per heavy atom. The van der Waals surface area contributed by atoms with Gasteiger partial charge in [0.25, 0.3) is 0 Å². The Labute approximate surface area is 115 Å². The van der Waals surface area contributed by atoms with Crippen molar-refractivity contribution in [2.24, 2.45) is 5.73 Å². The smallest absolute Gasteiger partial charge is 0.0415 e. The average Bonchev–Trinajstić information content (AvgIpc) is 2.79. The molecule has 19 heavy (non-hydrogen) atoms. The second-order valence-electron chi connectivity index (χ2n) is 5.65. The Morgan fingerprint density at radius 2 is 1.68 bits per heavy atom. The fourth-order valence-electron chi connectivity index (χ4n) is 3.23. The van der Waals surface area contributed by atoms with Crippen molar-refractivity contribution in [3.63, 3.8) is 0 Å². The zero-order chi connectivity index (χ0) is 13.1. The van der Waals surface area contributed by atoms with Crippen LogP contribution in [0.4, 0.5) is 0 Å². The highest BCUT2D eigenvalue weighted by Crippen LogP contribution is 2.38. The predicted octanol–water partition coefficient (Wildman–Crippen LogP) is 3.81. The number of hydrogen-bond donors (Lipinski definition) is 1. The molecule has 0 amide bonds. The molecular weight excluding hydrogens is 230 g/mol. The van der Waals surface area contributed by atoms with Crippen LogP contribution in [0.5, 0.6) is 0 Å². The summed E-state index contributed by atoms with van der Waals surface area (Å²) in [6.45, 7) is 0. The molecule has 0 spiro atoms. The predicted molar refractivity (Wildman–Crippen MR) is 80.0 cm³/mol. The number of nitrogens with two attached hydrogens (primary N) is 1. The molecule has 0 aliphatic heterocycles. The zero-order valence-electron chi connectivity index (χ0n) is 11.3. The van der Waals surface area contributed by atoms with E-state index in [1.807, 2.05) is 0 Å². The minimum absolute atomic E-state index is 0.0919. The van der Waals surface area contributed by atoms with Gasteiger partial charge in [-0.3, -0.25) is 0 Å². The first-order valence-corrected chi connectivity index (χ1v) is 7.19. The van der Waals surface area contributed by atoms with Gasteiger partial charge in [-0.05, 0) is 48.8 Å². The summed E-state index contributed by atoms with van der Waals surface area (Å²) in [5.74, 6) is 0. The van der Waals surface area contributed by atoms with Crippen molar-refractivity contribution in [2.75, 3.05) is 0 Å². The Bertz CT molecular complexity index is 547. The molecule has 0 saturated heterocycles. The van der Waals surface area contributed by atoms with Gasteiger partial charge in [0.05, 0.1) is 0 Å². The summed E-state index contributed by atoms with van der Waals surface area (Å²) >= 11 is 0. The van der Waals surface area contributed by atoms with E-state index >= 15 is 0 Å². The summed E-state index contributed by atoms with van der Waals surface area (Å²) in [5.41, 5.74) is 10.8. The molecular formula is C18H21N. The molecule has 1 aliphatic carbocycles. The first-order valence-electron chi connectivity index (χ1n) is 7.19. The molecule has 0 bridgehead atoms. The lowest BCUT2D eigenvalue weighted by Crippen LogP contribution is -2.34. The number of hydrogen-bond acceptors (Lipinski definition) is 1. The normalized spacial score (nSPS) is 21.3. The fraction of sp³-hybridized carbons (Fsp3) is 0.333. The Hall–Kier alpha value is -1.60. The molecule has 1 aliphatic rings.